The zero-order valence-corrected chi connectivity index (χ0v) is 9.97. The first-order valence-corrected chi connectivity index (χ1v) is 5.21. The second kappa shape index (κ2) is 4.98. The van der Waals surface area contributed by atoms with Crippen LogP contribution in [0.2, 0.25) is 0 Å². The lowest BCUT2D eigenvalue weighted by atomic mass is 10.2. The van der Waals surface area contributed by atoms with E-state index in [4.69, 9.17) is 5.11 Å². The Hall–Kier alpha value is -1.29. The van der Waals surface area contributed by atoms with Crippen molar-refractivity contribution in [3.05, 3.63) is 40.4 Å². The molecule has 0 radical (unpaired) electrons. The highest BCUT2D eigenvalue weighted by Crippen LogP contribution is 2.23. The van der Waals surface area contributed by atoms with Gasteiger partial charge in [0.15, 0.2) is 0 Å². The van der Waals surface area contributed by atoms with Gasteiger partial charge in [0.25, 0.3) is 0 Å². The van der Waals surface area contributed by atoms with Crippen LogP contribution in [0.5, 0.6) is 0 Å². The van der Waals surface area contributed by atoms with Gasteiger partial charge in [0.1, 0.15) is 0 Å². The van der Waals surface area contributed by atoms with Crippen molar-refractivity contribution in [3.63, 3.8) is 0 Å². The number of benzene rings is 1. The molecular weight excluding hydrogens is 258 g/mol. The van der Waals surface area contributed by atoms with Crippen molar-refractivity contribution in [2.24, 2.45) is 0 Å². The van der Waals surface area contributed by atoms with Crippen LogP contribution in [0, 0.1) is 0 Å². The van der Waals surface area contributed by atoms with Crippen LogP contribution in [0.3, 0.4) is 0 Å². The maximum Gasteiger partial charge on any atom is 0.335 e. The van der Waals surface area contributed by atoms with Crippen LogP contribution in [0.25, 0.3) is 0 Å². The van der Waals surface area contributed by atoms with Gasteiger partial charge in [-0.1, -0.05) is 12.2 Å². The molecule has 1 aromatic rings. The average Bonchev–Trinajstić information content (AvgIpc) is 2.15. The lowest BCUT2D eigenvalue weighted by Crippen LogP contribution is -2.03. The summed E-state index contributed by atoms with van der Waals surface area (Å²) in [6, 6.07) is 4.87. The summed E-state index contributed by atoms with van der Waals surface area (Å²) in [7, 11) is 0. The zero-order valence-electron chi connectivity index (χ0n) is 8.38. The van der Waals surface area contributed by atoms with Crippen molar-refractivity contribution in [2.45, 2.75) is 6.92 Å². The normalized spacial score (nSPS) is 9.73. The first kappa shape index (κ1) is 11.8. The molecule has 0 amide bonds. The van der Waals surface area contributed by atoms with Crippen molar-refractivity contribution >= 4 is 27.6 Å². The predicted molar refractivity (Wildman–Crippen MR) is 64.4 cm³/mol. The van der Waals surface area contributed by atoms with Gasteiger partial charge < -0.3 is 10.4 Å². The summed E-state index contributed by atoms with van der Waals surface area (Å²) in [5, 5.41) is 11.9. The van der Waals surface area contributed by atoms with E-state index in [1.165, 1.54) is 0 Å². The van der Waals surface area contributed by atoms with Gasteiger partial charge in [-0.25, -0.2) is 4.79 Å². The van der Waals surface area contributed by atoms with E-state index in [1.807, 2.05) is 6.92 Å². The van der Waals surface area contributed by atoms with Gasteiger partial charge in [0.05, 0.1) is 5.56 Å². The molecule has 0 aromatic heterocycles. The van der Waals surface area contributed by atoms with Gasteiger partial charge in [0.2, 0.25) is 0 Å². The van der Waals surface area contributed by atoms with Crippen LogP contribution in [0.4, 0.5) is 5.69 Å². The summed E-state index contributed by atoms with van der Waals surface area (Å²) >= 11 is 3.31. The molecule has 0 saturated heterocycles. The first-order chi connectivity index (χ1) is 7.00. The van der Waals surface area contributed by atoms with Gasteiger partial charge in [-0.3, -0.25) is 0 Å². The summed E-state index contributed by atoms with van der Waals surface area (Å²) in [5.41, 5.74) is 2.15. The van der Waals surface area contributed by atoms with Gasteiger partial charge in [-0.2, -0.15) is 0 Å². The van der Waals surface area contributed by atoms with Crippen molar-refractivity contribution in [1.29, 1.82) is 0 Å². The quantitative estimate of drug-likeness (QED) is 0.826. The molecule has 0 spiro atoms. The van der Waals surface area contributed by atoms with Crippen LogP contribution < -0.4 is 5.32 Å². The number of carboxylic acids is 1. The van der Waals surface area contributed by atoms with Gasteiger partial charge in [-0.15, -0.1) is 0 Å². The van der Waals surface area contributed by atoms with Crippen LogP contribution in [0.1, 0.15) is 17.3 Å². The largest absolute Gasteiger partial charge is 0.478 e. The van der Waals surface area contributed by atoms with E-state index in [9.17, 15) is 4.79 Å². The summed E-state index contributed by atoms with van der Waals surface area (Å²) in [5.74, 6) is -0.929. The lowest BCUT2D eigenvalue weighted by molar-refractivity contribution is 0.0697. The number of nitrogens with one attached hydrogen (secondary N) is 1. The second-order valence-electron chi connectivity index (χ2n) is 3.31. The molecule has 0 heterocycles. The topological polar surface area (TPSA) is 49.3 Å². The fraction of sp³-hybridized carbons (Fsp3) is 0.182. The summed E-state index contributed by atoms with van der Waals surface area (Å²) in [6.07, 6.45) is 0. The maximum absolute atomic E-state index is 10.7. The Kier molecular flexibility index (Phi) is 3.91. The highest BCUT2D eigenvalue weighted by molar-refractivity contribution is 9.10. The maximum atomic E-state index is 10.7. The Morgan fingerprint density at radius 1 is 1.60 bits per heavy atom. The molecule has 0 aliphatic heterocycles. The van der Waals surface area contributed by atoms with E-state index < -0.39 is 5.97 Å². The third kappa shape index (κ3) is 3.40. The van der Waals surface area contributed by atoms with E-state index in [-0.39, 0.29) is 5.56 Å². The first-order valence-electron chi connectivity index (χ1n) is 4.42. The molecule has 0 aliphatic rings. The number of hydrogen-bond acceptors (Lipinski definition) is 2. The molecule has 4 heteroatoms. The van der Waals surface area contributed by atoms with Crippen LogP contribution in [-0.2, 0) is 0 Å². The second-order valence-corrected chi connectivity index (χ2v) is 4.16. The molecule has 80 valence electrons. The number of carbonyl (C=O) groups is 1. The molecule has 0 bridgehead atoms. The summed E-state index contributed by atoms with van der Waals surface area (Å²) in [6.45, 7) is 6.37. The molecule has 1 rings (SSSR count). The SMILES string of the molecule is C=C(C)CNc1ccc(C(=O)O)cc1Br. The fourth-order valence-electron chi connectivity index (χ4n) is 1.04. The molecule has 0 atom stereocenters. The van der Waals surface area contributed by atoms with Crippen molar-refractivity contribution in [3.8, 4) is 0 Å². The van der Waals surface area contributed by atoms with E-state index in [2.05, 4.69) is 27.8 Å². The minimum atomic E-state index is -0.929. The number of anilines is 1. The van der Waals surface area contributed by atoms with Crippen molar-refractivity contribution < 1.29 is 9.90 Å². The number of hydrogen-bond donors (Lipinski definition) is 2. The molecule has 0 unspecified atom stereocenters. The lowest BCUT2D eigenvalue weighted by Gasteiger charge is -2.08. The molecule has 0 saturated carbocycles. The highest BCUT2D eigenvalue weighted by Gasteiger charge is 2.05. The van der Waals surface area contributed by atoms with Gasteiger partial charge in [-0.05, 0) is 41.1 Å². The monoisotopic (exact) mass is 269 g/mol. The molecule has 15 heavy (non-hydrogen) atoms. The highest BCUT2D eigenvalue weighted by atomic mass is 79.9. The van der Waals surface area contributed by atoms with Crippen LogP contribution >= 0.6 is 15.9 Å². The Bertz CT molecular complexity index is 402. The molecular formula is C11H12BrNO2. The standard InChI is InChI=1S/C11H12BrNO2/c1-7(2)6-13-10-4-3-8(11(14)15)5-9(10)12/h3-5,13H,1,6H2,2H3,(H,14,15). The minimum Gasteiger partial charge on any atom is -0.478 e. The summed E-state index contributed by atoms with van der Waals surface area (Å²) in [4.78, 5) is 10.7. The van der Waals surface area contributed by atoms with E-state index >= 15 is 0 Å². The van der Waals surface area contributed by atoms with Gasteiger partial charge >= 0.3 is 5.97 Å². The Balaban J connectivity index is 2.83. The van der Waals surface area contributed by atoms with E-state index in [0.717, 1.165) is 15.7 Å². The molecule has 0 aliphatic carbocycles. The smallest absolute Gasteiger partial charge is 0.335 e. The number of rotatable bonds is 4. The minimum absolute atomic E-state index is 0.266. The fourth-order valence-corrected chi connectivity index (χ4v) is 1.56. The molecule has 3 nitrogen and oxygen atoms in total. The van der Waals surface area contributed by atoms with E-state index in [0.29, 0.717) is 6.54 Å². The van der Waals surface area contributed by atoms with Crippen molar-refractivity contribution in [2.75, 3.05) is 11.9 Å². The third-order valence-electron chi connectivity index (χ3n) is 1.80. The molecule has 2 N–H and O–H groups in total. The Labute approximate surface area is 96.9 Å². The van der Waals surface area contributed by atoms with Gasteiger partial charge in [0, 0.05) is 16.7 Å². The average molecular weight is 270 g/mol. The van der Waals surface area contributed by atoms with E-state index in [1.54, 1.807) is 18.2 Å². The van der Waals surface area contributed by atoms with Crippen molar-refractivity contribution in [1.82, 2.24) is 0 Å². The number of aromatic carboxylic acids is 1. The number of halogens is 1. The Morgan fingerprint density at radius 2 is 2.27 bits per heavy atom. The number of carboxylic acid groups (broad SMARTS) is 1. The van der Waals surface area contributed by atoms with Crippen LogP contribution in [0.15, 0.2) is 34.8 Å². The zero-order chi connectivity index (χ0) is 11.4. The molecule has 0 fully saturated rings. The third-order valence-corrected chi connectivity index (χ3v) is 2.45. The molecule has 1 aromatic carbocycles. The van der Waals surface area contributed by atoms with Crippen LogP contribution in [-0.4, -0.2) is 17.6 Å². The Morgan fingerprint density at radius 3 is 2.73 bits per heavy atom. The predicted octanol–water partition coefficient (Wildman–Crippen LogP) is 3.14. The summed E-state index contributed by atoms with van der Waals surface area (Å²) < 4.78 is 0.739.